The monoisotopic (exact) mass is 475 g/mol. The predicted molar refractivity (Wildman–Crippen MR) is 128 cm³/mol. The average Bonchev–Trinajstić information content (AvgIpc) is 2.76. The van der Waals surface area contributed by atoms with E-state index in [2.05, 4.69) is 12.2 Å². The first-order chi connectivity index (χ1) is 15.6. The fourth-order valence-corrected chi connectivity index (χ4v) is 3.73. The van der Waals surface area contributed by atoms with Gasteiger partial charge >= 0.3 is 6.09 Å². The van der Waals surface area contributed by atoms with Crippen LogP contribution < -0.4 is 15.7 Å². The van der Waals surface area contributed by atoms with Crippen LogP contribution in [0.4, 0.5) is 10.7 Å². The Labute approximate surface area is 199 Å². The number of rotatable bonds is 7. The Hall–Kier alpha value is -2.87. The normalized spacial score (nSPS) is 13.3. The molecular formula is C24H32ClN4O4-. The molecule has 8 nitrogen and oxygen atoms in total. The smallest absolute Gasteiger partial charge is 0.410 e. The van der Waals surface area contributed by atoms with Gasteiger partial charge in [0.1, 0.15) is 12.7 Å². The van der Waals surface area contributed by atoms with E-state index in [-0.39, 0.29) is 12.1 Å². The topological polar surface area (TPSA) is 85.7 Å². The summed E-state index contributed by atoms with van der Waals surface area (Å²) < 4.78 is 6.60. The van der Waals surface area contributed by atoms with Crippen molar-refractivity contribution in [1.82, 2.24) is 14.6 Å². The second kappa shape index (κ2) is 10.4. The molecule has 9 heteroatoms. The number of carbonyl (C=O) groups excluding carboxylic acids is 1. The predicted octanol–water partition coefficient (Wildman–Crippen LogP) is 4.43. The second-order valence-corrected chi connectivity index (χ2v) is 9.45. The fraction of sp³-hybridized carbons (Fsp3) is 0.500. The van der Waals surface area contributed by atoms with E-state index in [1.807, 2.05) is 45.0 Å². The Morgan fingerprint density at radius 3 is 2.58 bits per heavy atom. The summed E-state index contributed by atoms with van der Waals surface area (Å²) >= 11 is 6.05. The van der Waals surface area contributed by atoms with Gasteiger partial charge in [-0.15, -0.1) is 4.73 Å². The molecule has 0 radical (unpaired) electrons. The van der Waals surface area contributed by atoms with Gasteiger partial charge < -0.3 is 19.8 Å². The van der Waals surface area contributed by atoms with Gasteiger partial charge in [0.05, 0.1) is 17.8 Å². The molecule has 0 bridgehead atoms. The summed E-state index contributed by atoms with van der Waals surface area (Å²) in [5, 5.41) is 3.98. The fourth-order valence-electron chi connectivity index (χ4n) is 3.61. The number of hydrogen-bond acceptors (Lipinski definition) is 6. The summed E-state index contributed by atoms with van der Waals surface area (Å²) in [5.74, 6) is 0.313. The van der Waals surface area contributed by atoms with Gasteiger partial charge in [0.15, 0.2) is 0 Å². The molecule has 1 aromatic heterocycles. The van der Waals surface area contributed by atoms with Crippen LogP contribution in [0.3, 0.4) is 0 Å². The number of nitrogens with zero attached hydrogens (tertiary/aromatic N) is 3. The van der Waals surface area contributed by atoms with E-state index in [0.29, 0.717) is 35.2 Å². The first kappa shape index (κ1) is 24.8. The average molecular weight is 476 g/mol. The molecule has 33 heavy (non-hydrogen) atoms. The zero-order valence-corrected chi connectivity index (χ0v) is 20.7. The molecule has 0 fully saturated rings. The second-order valence-electron chi connectivity index (χ2n) is 9.01. The first-order valence-corrected chi connectivity index (χ1v) is 11.6. The van der Waals surface area contributed by atoms with Crippen molar-refractivity contribution in [2.45, 2.75) is 65.5 Å². The van der Waals surface area contributed by atoms with Crippen LogP contribution in [0.5, 0.6) is 0 Å². The molecule has 2 aromatic rings. The van der Waals surface area contributed by atoms with Crippen molar-refractivity contribution in [2.24, 2.45) is 0 Å². The minimum absolute atomic E-state index is 0.128. The lowest BCUT2D eigenvalue weighted by Gasteiger charge is -2.32. The molecule has 1 aliphatic heterocycles. The molecule has 1 aromatic carbocycles. The van der Waals surface area contributed by atoms with Crippen molar-refractivity contribution >= 4 is 23.6 Å². The highest BCUT2D eigenvalue weighted by Crippen LogP contribution is 2.25. The SMILES string of the molecule is CCCC[C-](Nc1nc2c(c(=O)n1OC)CN(C(=O)OC(C)(C)C)CC2)c1ccc(Cl)cc1. The number of halogens is 1. The van der Waals surface area contributed by atoms with Crippen molar-refractivity contribution < 1.29 is 14.4 Å². The van der Waals surface area contributed by atoms with E-state index in [4.69, 9.17) is 26.2 Å². The van der Waals surface area contributed by atoms with Gasteiger partial charge in [-0.05, 0) is 20.8 Å². The highest BCUT2D eigenvalue weighted by Gasteiger charge is 2.29. The van der Waals surface area contributed by atoms with Gasteiger partial charge in [0.25, 0.3) is 5.56 Å². The van der Waals surface area contributed by atoms with E-state index < -0.39 is 11.7 Å². The van der Waals surface area contributed by atoms with Crippen LogP contribution >= 0.6 is 11.6 Å². The van der Waals surface area contributed by atoms with E-state index in [1.54, 1.807) is 0 Å². The van der Waals surface area contributed by atoms with Gasteiger partial charge in [-0.3, -0.25) is 4.79 Å². The molecule has 180 valence electrons. The number of ether oxygens (including phenoxy) is 1. The summed E-state index contributed by atoms with van der Waals surface area (Å²) in [4.78, 5) is 37.4. The van der Waals surface area contributed by atoms with E-state index in [9.17, 15) is 9.59 Å². The highest BCUT2D eigenvalue weighted by molar-refractivity contribution is 6.30. The van der Waals surface area contributed by atoms with Crippen LogP contribution in [0.15, 0.2) is 29.1 Å². The standard InChI is InChI=1S/C24H32ClN4O4/c1-6-7-8-19(16-9-11-17(25)12-10-16)26-22-27-20-13-14-28(23(31)33-24(2,3)4)15-18(20)21(30)29(22)32-5/h9-12H,6-8,13-15H2,1-5H3,(H,26,27)/q-1. The number of amides is 1. The van der Waals surface area contributed by atoms with Crippen molar-refractivity contribution in [3.63, 3.8) is 0 Å². The number of aromatic nitrogens is 2. The Kier molecular flexibility index (Phi) is 7.79. The van der Waals surface area contributed by atoms with Crippen LogP contribution in [-0.2, 0) is 17.7 Å². The van der Waals surface area contributed by atoms with Gasteiger partial charge in [-0.1, -0.05) is 56.0 Å². The number of nitrogens with one attached hydrogen (secondary N) is 1. The van der Waals surface area contributed by atoms with Crippen LogP contribution in [0.1, 0.15) is 63.8 Å². The Morgan fingerprint density at radius 2 is 1.97 bits per heavy atom. The molecule has 0 saturated carbocycles. The molecular weight excluding hydrogens is 444 g/mol. The maximum Gasteiger partial charge on any atom is 0.410 e. The molecule has 0 saturated heterocycles. The number of anilines is 1. The molecule has 3 rings (SSSR count). The third-order valence-corrected chi connectivity index (χ3v) is 5.51. The van der Waals surface area contributed by atoms with Gasteiger partial charge in [-0.25, -0.2) is 9.78 Å². The van der Waals surface area contributed by atoms with Crippen LogP contribution in [-0.4, -0.2) is 40.0 Å². The van der Waals surface area contributed by atoms with Gasteiger partial charge in [0, 0.05) is 18.0 Å². The number of unbranched alkanes of at least 4 members (excludes halogenated alkanes) is 1. The maximum absolute atomic E-state index is 13.2. The van der Waals surface area contributed by atoms with Crippen molar-refractivity contribution in [2.75, 3.05) is 19.0 Å². The lowest BCUT2D eigenvalue weighted by molar-refractivity contribution is 0.0219. The van der Waals surface area contributed by atoms with Gasteiger partial charge in [-0.2, -0.15) is 17.7 Å². The number of carbonyl (C=O) groups is 1. The third-order valence-electron chi connectivity index (χ3n) is 5.26. The molecule has 0 unspecified atom stereocenters. The number of hydrogen-bond donors (Lipinski definition) is 1. The Morgan fingerprint density at radius 1 is 1.27 bits per heavy atom. The summed E-state index contributed by atoms with van der Waals surface area (Å²) in [7, 11) is 1.42. The lowest BCUT2D eigenvalue weighted by Crippen LogP contribution is -2.44. The van der Waals surface area contributed by atoms with Crippen molar-refractivity contribution in [3.05, 3.63) is 62.5 Å². The minimum Gasteiger partial charge on any atom is -0.444 e. The third kappa shape index (κ3) is 6.13. The van der Waals surface area contributed by atoms with Crippen LogP contribution in [0, 0.1) is 6.04 Å². The molecule has 1 N–H and O–H groups in total. The largest absolute Gasteiger partial charge is 0.444 e. The Balaban J connectivity index is 1.90. The zero-order chi connectivity index (χ0) is 24.2. The molecule has 0 atom stereocenters. The maximum atomic E-state index is 13.2. The van der Waals surface area contributed by atoms with E-state index in [1.165, 1.54) is 12.0 Å². The summed E-state index contributed by atoms with van der Waals surface area (Å²) in [6.07, 6.45) is 2.78. The summed E-state index contributed by atoms with van der Waals surface area (Å²) in [6, 6.07) is 8.47. The van der Waals surface area contributed by atoms with Crippen LogP contribution in [0.25, 0.3) is 0 Å². The van der Waals surface area contributed by atoms with Gasteiger partial charge in [0.2, 0.25) is 5.95 Å². The lowest BCUT2D eigenvalue weighted by atomic mass is 10.0. The minimum atomic E-state index is -0.609. The zero-order valence-electron chi connectivity index (χ0n) is 19.9. The van der Waals surface area contributed by atoms with Crippen molar-refractivity contribution in [1.29, 1.82) is 0 Å². The van der Waals surface area contributed by atoms with Crippen molar-refractivity contribution in [3.8, 4) is 0 Å². The van der Waals surface area contributed by atoms with Crippen LogP contribution in [0.2, 0.25) is 5.02 Å². The quantitative estimate of drug-likeness (QED) is 0.596. The molecule has 1 aliphatic rings. The molecule has 0 aliphatic carbocycles. The number of fused-ring (bicyclic) bond motifs is 1. The Bertz CT molecular complexity index is 1030. The van der Waals surface area contributed by atoms with E-state index in [0.717, 1.165) is 35.6 Å². The first-order valence-electron chi connectivity index (χ1n) is 11.2. The highest BCUT2D eigenvalue weighted by atomic mass is 35.5. The molecule has 2 heterocycles. The molecule has 1 amide bonds. The summed E-state index contributed by atoms with van der Waals surface area (Å²) in [5.41, 5.74) is 1.10. The number of benzene rings is 1. The summed E-state index contributed by atoms with van der Waals surface area (Å²) in [6.45, 7) is 8.12. The van der Waals surface area contributed by atoms with E-state index >= 15 is 0 Å². The molecule has 0 spiro atoms.